The molecule has 0 amide bonds. The quantitative estimate of drug-likeness (QED) is 0.811. The molecule has 2 heterocycles. The summed E-state index contributed by atoms with van der Waals surface area (Å²) in [6, 6.07) is 0.357. The molecule has 0 spiro atoms. The molecule has 0 N–H and O–H groups in total. The third-order valence-corrected chi connectivity index (χ3v) is 3.02. The SMILES string of the molecule is CCCn1ccn(Cc2cncn2C(C)C)c1=O. The predicted molar refractivity (Wildman–Crippen MR) is 70.7 cm³/mol. The first kappa shape index (κ1) is 12.7. The Balaban J connectivity index is 2.24. The average molecular weight is 248 g/mol. The maximum absolute atomic E-state index is 12.1. The van der Waals surface area contributed by atoms with Gasteiger partial charge in [-0.05, 0) is 20.3 Å². The Morgan fingerprint density at radius 2 is 2.00 bits per heavy atom. The minimum atomic E-state index is 0.0494. The van der Waals surface area contributed by atoms with Gasteiger partial charge in [0.2, 0.25) is 0 Å². The van der Waals surface area contributed by atoms with Crippen LogP contribution < -0.4 is 5.69 Å². The molecule has 0 aliphatic heterocycles. The van der Waals surface area contributed by atoms with Crippen LogP contribution in [0.25, 0.3) is 0 Å². The lowest BCUT2D eigenvalue weighted by molar-refractivity contribution is 0.551. The van der Waals surface area contributed by atoms with Crippen molar-refractivity contribution in [2.75, 3.05) is 0 Å². The Morgan fingerprint density at radius 1 is 1.28 bits per heavy atom. The molecule has 0 unspecified atom stereocenters. The smallest absolute Gasteiger partial charge is 0.328 e. The van der Waals surface area contributed by atoms with Crippen molar-refractivity contribution in [2.45, 2.75) is 46.3 Å². The van der Waals surface area contributed by atoms with Gasteiger partial charge in [-0.3, -0.25) is 9.13 Å². The Kier molecular flexibility index (Phi) is 3.69. The molecule has 0 radical (unpaired) electrons. The Labute approximate surface area is 107 Å². The zero-order valence-electron chi connectivity index (χ0n) is 11.2. The molecule has 0 saturated heterocycles. The number of imidazole rings is 2. The highest BCUT2D eigenvalue weighted by molar-refractivity contribution is 5.01. The van der Waals surface area contributed by atoms with E-state index in [9.17, 15) is 4.79 Å². The monoisotopic (exact) mass is 248 g/mol. The standard InChI is InChI=1S/C13H20N4O/c1-4-5-15-6-7-16(13(15)18)9-12-8-14-10-17(12)11(2)3/h6-8,10-11H,4-5,9H2,1-3H3. The van der Waals surface area contributed by atoms with E-state index in [4.69, 9.17) is 0 Å². The van der Waals surface area contributed by atoms with E-state index in [-0.39, 0.29) is 5.69 Å². The lowest BCUT2D eigenvalue weighted by Gasteiger charge is -2.11. The summed E-state index contributed by atoms with van der Waals surface area (Å²) in [6.45, 7) is 7.63. The van der Waals surface area contributed by atoms with E-state index >= 15 is 0 Å². The van der Waals surface area contributed by atoms with Crippen LogP contribution >= 0.6 is 0 Å². The van der Waals surface area contributed by atoms with Gasteiger partial charge < -0.3 is 4.57 Å². The summed E-state index contributed by atoms with van der Waals surface area (Å²) in [6.07, 6.45) is 8.29. The van der Waals surface area contributed by atoms with Gasteiger partial charge in [0.1, 0.15) is 0 Å². The van der Waals surface area contributed by atoms with E-state index in [1.807, 2.05) is 24.9 Å². The Morgan fingerprint density at radius 3 is 2.67 bits per heavy atom. The summed E-state index contributed by atoms with van der Waals surface area (Å²) in [7, 11) is 0. The zero-order chi connectivity index (χ0) is 13.1. The summed E-state index contributed by atoms with van der Waals surface area (Å²) in [4.78, 5) is 16.2. The van der Waals surface area contributed by atoms with Crippen LogP contribution in [0, 0.1) is 0 Å². The molecule has 2 aromatic rings. The molecule has 0 atom stereocenters. The molecule has 0 aliphatic carbocycles. The maximum atomic E-state index is 12.1. The predicted octanol–water partition coefficient (Wildman–Crippen LogP) is 1.89. The largest absolute Gasteiger partial charge is 0.330 e. The molecule has 0 saturated carbocycles. The van der Waals surface area contributed by atoms with Gasteiger partial charge in [-0.25, -0.2) is 9.78 Å². The number of hydrogen-bond donors (Lipinski definition) is 0. The molecule has 0 fully saturated rings. The van der Waals surface area contributed by atoms with Crippen LogP contribution in [0.1, 0.15) is 38.9 Å². The van der Waals surface area contributed by atoms with Crippen LogP contribution in [-0.2, 0) is 13.1 Å². The number of nitrogens with zero attached hydrogens (tertiary/aromatic N) is 4. The second-order valence-electron chi connectivity index (χ2n) is 4.79. The second-order valence-corrected chi connectivity index (χ2v) is 4.79. The van der Waals surface area contributed by atoms with Crippen LogP contribution in [0.15, 0.2) is 29.7 Å². The fraction of sp³-hybridized carbons (Fsp3) is 0.538. The fourth-order valence-corrected chi connectivity index (χ4v) is 2.08. The van der Waals surface area contributed by atoms with E-state index in [0.717, 1.165) is 18.7 Å². The summed E-state index contributed by atoms with van der Waals surface area (Å²) in [5.74, 6) is 0. The van der Waals surface area contributed by atoms with Gasteiger partial charge >= 0.3 is 5.69 Å². The lowest BCUT2D eigenvalue weighted by Crippen LogP contribution is -2.25. The van der Waals surface area contributed by atoms with Gasteiger partial charge in [0, 0.05) is 31.2 Å². The van der Waals surface area contributed by atoms with Crippen molar-refractivity contribution in [2.24, 2.45) is 0 Å². The number of rotatable bonds is 5. The number of aryl methyl sites for hydroxylation is 1. The van der Waals surface area contributed by atoms with Crippen molar-refractivity contribution in [3.63, 3.8) is 0 Å². The van der Waals surface area contributed by atoms with Crippen molar-refractivity contribution >= 4 is 0 Å². The number of aromatic nitrogens is 4. The van der Waals surface area contributed by atoms with Gasteiger partial charge in [0.05, 0.1) is 18.6 Å². The van der Waals surface area contributed by atoms with Crippen LogP contribution in [0.5, 0.6) is 0 Å². The van der Waals surface area contributed by atoms with Gasteiger partial charge in [-0.1, -0.05) is 6.92 Å². The average Bonchev–Trinajstić information content (AvgIpc) is 2.91. The second kappa shape index (κ2) is 5.25. The van der Waals surface area contributed by atoms with E-state index in [1.54, 1.807) is 9.13 Å². The molecular formula is C13H20N4O. The fourth-order valence-electron chi connectivity index (χ4n) is 2.08. The van der Waals surface area contributed by atoms with Gasteiger partial charge in [0.15, 0.2) is 0 Å². The summed E-state index contributed by atoms with van der Waals surface area (Å²) < 4.78 is 5.56. The van der Waals surface area contributed by atoms with Gasteiger partial charge in [-0.2, -0.15) is 0 Å². The molecular weight excluding hydrogens is 228 g/mol. The third-order valence-electron chi connectivity index (χ3n) is 3.02. The molecule has 5 heteroatoms. The zero-order valence-corrected chi connectivity index (χ0v) is 11.2. The number of hydrogen-bond acceptors (Lipinski definition) is 2. The molecule has 2 rings (SSSR count). The van der Waals surface area contributed by atoms with Crippen LogP contribution in [0.2, 0.25) is 0 Å². The Bertz CT molecular complexity index is 562. The summed E-state index contributed by atoms with van der Waals surface area (Å²) in [5.41, 5.74) is 1.11. The maximum Gasteiger partial charge on any atom is 0.328 e. The molecule has 0 aromatic carbocycles. The Hall–Kier alpha value is -1.78. The van der Waals surface area contributed by atoms with Crippen LogP contribution in [-0.4, -0.2) is 18.7 Å². The van der Waals surface area contributed by atoms with E-state index in [1.165, 1.54) is 0 Å². The first-order valence-electron chi connectivity index (χ1n) is 6.39. The van der Waals surface area contributed by atoms with Crippen molar-refractivity contribution in [3.05, 3.63) is 41.1 Å². The van der Waals surface area contributed by atoms with Gasteiger partial charge in [-0.15, -0.1) is 0 Å². The third kappa shape index (κ3) is 2.39. The molecule has 98 valence electrons. The summed E-state index contributed by atoms with van der Waals surface area (Å²) in [5, 5.41) is 0. The molecule has 18 heavy (non-hydrogen) atoms. The summed E-state index contributed by atoms with van der Waals surface area (Å²) >= 11 is 0. The highest BCUT2D eigenvalue weighted by Gasteiger charge is 2.08. The topological polar surface area (TPSA) is 44.8 Å². The van der Waals surface area contributed by atoms with E-state index in [2.05, 4.69) is 30.3 Å². The molecule has 0 aliphatic rings. The van der Waals surface area contributed by atoms with Crippen LogP contribution in [0.3, 0.4) is 0 Å². The minimum Gasteiger partial charge on any atom is -0.330 e. The normalized spacial score (nSPS) is 11.3. The van der Waals surface area contributed by atoms with Gasteiger partial charge in [0.25, 0.3) is 0 Å². The highest BCUT2D eigenvalue weighted by Crippen LogP contribution is 2.09. The van der Waals surface area contributed by atoms with Crippen LogP contribution in [0.4, 0.5) is 0 Å². The lowest BCUT2D eigenvalue weighted by atomic mass is 10.3. The molecule has 2 aromatic heterocycles. The van der Waals surface area contributed by atoms with Crippen molar-refractivity contribution in [1.82, 2.24) is 18.7 Å². The van der Waals surface area contributed by atoms with Crippen molar-refractivity contribution in [1.29, 1.82) is 0 Å². The first-order chi connectivity index (χ1) is 8.63. The minimum absolute atomic E-state index is 0.0494. The van der Waals surface area contributed by atoms with E-state index < -0.39 is 0 Å². The highest BCUT2D eigenvalue weighted by atomic mass is 16.1. The van der Waals surface area contributed by atoms with Crippen molar-refractivity contribution in [3.8, 4) is 0 Å². The van der Waals surface area contributed by atoms with E-state index in [0.29, 0.717) is 12.6 Å². The first-order valence-corrected chi connectivity index (χ1v) is 6.39. The molecule has 5 nitrogen and oxygen atoms in total. The molecule has 0 bridgehead atoms. The van der Waals surface area contributed by atoms with Crippen molar-refractivity contribution < 1.29 is 0 Å².